The Balaban J connectivity index is 2.36. The lowest BCUT2D eigenvalue weighted by molar-refractivity contribution is 0.101. The molecule has 0 aliphatic heterocycles. The van der Waals surface area contributed by atoms with Gasteiger partial charge >= 0.3 is 0 Å². The number of sulfonamides is 1. The zero-order valence-corrected chi connectivity index (χ0v) is 13.1. The summed E-state index contributed by atoms with van der Waals surface area (Å²) < 4.78 is 27.2. The number of carbonyl (C=O) groups excluding carboxylic acids is 1. The molecule has 6 heteroatoms. The maximum absolute atomic E-state index is 12.3. The average molecular weight is 309 g/mol. The summed E-state index contributed by atoms with van der Waals surface area (Å²) in [5.41, 5.74) is 0.865. The highest BCUT2D eigenvalue weighted by Crippen LogP contribution is 2.26. The molecule has 2 aromatic rings. The van der Waals surface area contributed by atoms with Crippen LogP contribution in [0.2, 0.25) is 0 Å². The molecule has 1 aromatic carbocycles. The van der Waals surface area contributed by atoms with Gasteiger partial charge in [-0.2, -0.15) is 0 Å². The minimum atomic E-state index is -3.62. The minimum absolute atomic E-state index is 0.103. The molecule has 1 heterocycles. The van der Waals surface area contributed by atoms with E-state index in [4.69, 9.17) is 0 Å². The first kappa shape index (κ1) is 14.7. The predicted molar refractivity (Wildman–Crippen MR) is 81.0 cm³/mol. The summed E-state index contributed by atoms with van der Waals surface area (Å²) in [6.07, 6.45) is 0. The Kier molecular flexibility index (Phi) is 3.96. The first-order chi connectivity index (χ1) is 9.29. The van der Waals surface area contributed by atoms with Crippen molar-refractivity contribution in [2.45, 2.75) is 25.7 Å². The number of thiophene rings is 1. The summed E-state index contributed by atoms with van der Waals surface area (Å²) in [6.45, 7) is 5.09. The van der Waals surface area contributed by atoms with Crippen molar-refractivity contribution in [3.05, 3.63) is 45.6 Å². The van der Waals surface area contributed by atoms with Crippen LogP contribution in [0.1, 0.15) is 27.0 Å². The van der Waals surface area contributed by atoms with Crippen LogP contribution in [0.4, 0.5) is 5.69 Å². The molecule has 1 aromatic heterocycles. The summed E-state index contributed by atoms with van der Waals surface area (Å²) >= 11 is 1.44. The summed E-state index contributed by atoms with van der Waals surface area (Å²) in [5.74, 6) is -0.103. The van der Waals surface area contributed by atoms with Crippen molar-refractivity contribution in [3.8, 4) is 0 Å². The van der Waals surface area contributed by atoms with Crippen molar-refractivity contribution < 1.29 is 13.2 Å². The molecule has 0 saturated carbocycles. The Morgan fingerprint density at radius 2 is 1.90 bits per heavy atom. The Hall–Kier alpha value is -1.66. The van der Waals surface area contributed by atoms with Crippen molar-refractivity contribution in [1.29, 1.82) is 0 Å². The number of hydrogen-bond acceptors (Lipinski definition) is 4. The Morgan fingerprint density at radius 3 is 2.45 bits per heavy atom. The van der Waals surface area contributed by atoms with Gasteiger partial charge in [0.2, 0.25) is 0 Å². The lowest BCUT2D eigenvalue weighted by Crippen LogP contribution is -2.13. The normalized spacial score (nSPS) is 11.3. The summed E-state index contributed by atoms with van der Waals surface area (Å²) in [5, 5.41) is 0. The van der Waals surface area contributed by atoms with Crippen LogP contribution in [0.15, 0.2) is 35.2 Å². The molecule has 0 aliphatic rings. The molecular weight excluding hydrogens is 294 g/mol. The molecule has 106 valence electrons. The number of benzene rings is 1. The number of Topliss-reactive ketones (excluding diaryl/α,β-unsaturated/α-hetero) is 1. The van der Waals surface area contributed by atoms with Crippen LogP contribution in [0, 0.1) is 13.8 Å². The fraction of sp³-hybridized carbons (Fsp3) is 0.214. The van der Waals surface area contributed by atoms with Crippen LogP contribution < -0.4 is 4.72 Å². The fourth-order valence-electron chi connectivity index (χ4n) is 1.89. The van der Waals surface area contributed by atoms with E-state index in [1.54, 1.807) is 31.2 Å². The average Bonchev–Trinajstić information content (AvgIpc) is 2.69. The number of nitrogens with one attached hydrogen (secondary N) is 1. The molecule has 0 atom stereocenters. The van der Waals surface area contributed by atoms with Gasteiger partial charge in [0.1, 0.15) is 4.90 Å². The minimum Gasteiger partial charge on any atom is -0.295 e. The van der Waals surface area contributed by atoms with E-state index in [1.165, 1.54) is 24.3 Å². The van der Waals surface area contributed by atoms with E-state index in [0.717, 1.165) is 9.75 Å². The van der Waals surface area contributed by atoms with Crippen molar-refractivity contribution >= 4 is 32.8 Å². The van der Waals surface area contributed by atoms with Crippen molar-refractivity contribution in [3.63, 3.8) is 0 Å². The van der Waals surface area contributed by atoms with Crippen molar-refractivity contribution in [1.82, 2.24) is 0 Å². The first-order valence-electron chi connectivity index (χ1n) is 6.00. The standard InChI is InChI=1S/C14H15NO3S2/c1-9-7-14(11(3)19-9)20(17,18)15-13-6-4-5-12(8-13)10(2)16/h4-8,15H,1-3H3. The Bertz CT molecular complexity index is 760. The van der Waals surface area contributed by atoms with E-state index in [1.807, 2.05) is 6.92 Å². The third kappa shape index (κ3) is 3.08. The van der Waals surface area contributed by atoms with E-state index < -0.39 is 10.0 Å². The molecule has 0 aliphatic carbocycles. The Morgan fingerprint density at radius 1 is 1.20 bits per heavy atom. The van der Waals surface area contributed by atoms with E-state index in [2.05, 4.69) is 4.72 Å². The number of aryl methyl sites for hydroxylation is 2. The van der Waals surface area contributed by atoms with Crippen molar-refractivity contribution in [2.75, 3.05) is 4.72 Å². The second kappa shape index (κ2) is 5.38. The quantitative estimate of drug-likeness (QED) is 0.881. The molecule has 0 bridgehead atoms. The number of ketones is 1. The van der Waals surface area contributed by atoms with Gasteiger partial charge in [0.05, 0.1) is 0 Å². The zero-order chi connectivity index (χ0) is 14.9. The van der Waals surface area contributed by atoms with E-state index in [0.29, 0.717) is 11.3 Å². The van der Waals surface area contributed by atoms with Crippen LogP contribution in [0.3, 0.4) is 0 Å². The lowest BCUT2D eigenvalue weighted by atomic mass is 10.1. The van der Waals surface area contributed by atoms with Crippen LogP contribution in [0.25, 0.3) is 0 Å². The topological polar surface area (TPSA) is 63.2 Å². The van der Waals surface area contributed by atoms with E-state index in [9.17, 15) is 13.2 Å². The molecule has 0 spiro atoms. The highest BCUT2D eigenvalue weighted by molar-refractivity contribution is 7.93. The van der Waals surface area contributed by atoms with Gasteiger partial charge in [-0.25, -0.2) is 8.42 Å². The Labute approximate surface area is 122 Å². The van der Waals surface area contributed by atoms with Crippen LogP contribution in [0.5, 0.6) is 0 Å². The largest absolute Gasteiger partial charge is 0.295 e. The monoisotopic (exact) mass is 309 g/mol. The number of hydrogen-bond donors (Lipinski definition) is 1. The SMILES string of the molecule is CC(=O)c1cccc(NS(=O)(=O)c2cc(C)sc2C)c1. The third-order valence-electron chi connectivity index (χ3n) is 2.81. The van der Waals surface area contributed by atoms with Gasteiger partial charge in [-0.3, -0.25) is 9.52 Å². The smallest absolute Gasteiger partial charge is 0.262 e. The highest BCUT2D eigenvalue weighted by Gasteiger charge is 2.19. The lowest BCUT2D eigenvalue weighted by Gasteiger charge is -2.08. The third-order valence-corrected chi connectivity index (χ3v) is 5.41. The van der Waals surface area contributed by atoms with Gasteiger partial charge in [-0.05, 0) is 39.0 Å². The summed E-state index contributed by atoms with van der Waals surface area (Å²) in [6, 6.07) is 8.12. The van der Waals surface area contributed by atoms with Gasteiger partial charge in [0, 0.05) is 21.0 Å². The summed E-state index contributed by atoms with van der Waals surface area (Å²) in [7, 11) is -3.62. The zero-order valence-electron chi connectivity index (χ0n) is 11.4. The molecular formula is C14H15NO3S2. The van der Waals surface area contributed by atoms with Crippen LogP contribution in [-0.4, -0.2) is 14.2 Å². The van der Waals surface area contributed by atoms with E-state index >= 15 is 0 Å². The molecule has 0 saturated heterocycles. The number of carbonyl (C=O) groups is 1. The molecule has 2 rings (SSSR count). The van der Waals surface area contributed by atoms with Gasteiger partial charge in [-0.15, -0.1) is 11.3 Å². The molecule has 20 heavy (non-hydrogen) atoms. The first-order valence-corrected chi connectivity index (χ1v) is 8.30. The molecule has 1 N–H and O–H groups in total. The van der Waals surface area contributed by atoms with Gasteiger partial charge in [0.15, 0.2) is 5.78 Å². The van der Waals surface area contributed by atoms with Crippen LogP contribution >= 0.6 is 11.3 Å². The van der Waals surface area contributed by atoms with Gasteiger partial charge < -0.3 is 0 Å². The predicted octanol–water partition coefficient (Wildman–Crippen LogP) is 3.37. The van der Waals surface area contributed by atoms with Gasteiger partial charge in [-0.1, -0.05) is 12.1 Å². The highest BCUT2D eigenvalue weighted by atomic mass is 32.2. The molecule has 0 radical (unpaired) electrons. The van der Waals surface area contributed by atoms with Gasteiger partial charge in [0.25, 0.3) is 10.0 Å². The fourth-order valence-corrected chi connectivity index (χ4v) is 4.49. The summed E-state index contributed by atoms with van der Waals surface area (Å²) in [4.78, 5) is 13.3. The number of anilines is 1. The van der Waals surface area contributed by atoms with Crippen LogP contribution in [-0.2, 0) is 10.0 Å². The second-order valence-electron chi connectivity index (χ2n) is 4.52. The molecule has 0 fully saturated rings. The molecule has 0 unspecified atom stereocenters. The molecule has 0 amide bonds. The maximum Gasteiger partial charge on any atom is 0.262 e. The van der Waals surface area contributed by atoms with E-state index in [-0.39, 0.29) is 10.7 Å². The number of rotatable bonds is 4. The van der Waals surface area contributed by atoms with Crippen molar-refractivity contribution in [2.24, 2.45) is 0 Å². The maximum atomic E-state index is 12.3. The second-order valence-corrected chi connectivity index (χ2v) is 7.63. The molecule has 4 nitrogen and oxygen atoms in total.